The summed E-state index contributed by atoms with van der Waals surface area (Å²) in [6, 6.07) is 1.23. The third-order valence-electron chi connectivity index (χ3n) is 5.70. The van der Waals surface area contributed by atoms with Crippen LogP contribution in [0.25, 0.3) is 0 Å². The Morgan fingerprint density at radius 1 is 1.26 bits per heavy atom. The number of hydrogen-bond donors (Lipinski definition) is 0. The van der Waals surface area contributed by atoms with E-state index in [9.17, 15) is 4.79 Å². The lowest BCUT2D eigenvalue weighted by molar-refractivity contribution is 0.0971. The highest BCUT2D eigenvalue weighted by atomic mass is 32.1. The van der Waals surface area contributed by atoms with Crippen molar-refractivity contribution in [1.29, 1.82) is 0 Å². The molecule has 0 bridgehead atoms. The maximum Gasteiger partial charge on any atom is 0.164 e. The minimum Gasteiger partial charge on any atom is -0.306 e. The van der Waals surface area contributed by atoms with Crippen molar-refractivity contribution in [3.63, 3.8) is 0 Å². The first-order valence-electron chi connectivity index (χ1n) is 9.08. The van der Waals surface area contributed by atoms with E-state index in [0.29, 0.717) is 11.8 Å². The summed E-state index contributed by atoms with van der Waals surface area (Å²) in [7, 11) is 4.39. The van der Waals surface area contributed by atoms with Gasteiger partial charge in [0.2, 0.25) is 0 Å². The van der Waals surface area contributed by atoms with Gasteiger partial charge in [-0.1, -0.05) is 6.92 Å². The van der Waals surface area contributed by atoms with Crippen LogP contribution >= 0.6 is 11.3 Å². The molecular formula is C19H30N2OS. The number of piperidine rings is 1. The second-order valence-electron chi connectivity index (χ2n) is 7.32. The van der Waals surface area contributed by atoms with Crippen molar-refractivity contribution in [2.75, 3.05) is 27.2 Å². The largest absolute Gasteiger partial charge is 0.306 e. The van der Waals surface area contributed by atoms with Crippen LogP contribution in [0.15, 0.2) is 0 Å². The summed E-state index contributed by atoms with van der Waals surface area (Å²) in [6.07, 6.45) is 6.54. The number of fused-ring (bicyclic) bond motifs is 1. The average molecular weight is 335 g/mol. The van der Waals surface area contributed by atoms with Crippen molar-refractivity contribution < 1.29 is 4.79 Å². The third kappa shape index (κ3) is 3.26. The molecule has 128 valence electrons. The van der Waals surface area contributed by atoms with Gasteiger partial charge in [-0.3, -0.25) is 9.69 Å². The first-order valence-corrected chi connectivity index (χ1v) is 9.90. The van der Waals surface area contributed by atoms with Crippen LogP contribution in [0.1, 0.15) is 70.7 Å². The van der Waals surface area contributed by atoms with Crippen LogP contribution in [0.3, 0.4) is 0 Å². The third-order valence-corrected chi connectivity index (χ3v) is 7.16. The highest BCUT2D eigenvalue weighted by molar-refractivity contribution is 7.12. The number of aryl methyl sites for hydroxylation is 1. The summed E-state index contributed by atoms with van der Waals surface area (Å²) in [5.41, 5.74) is 2.37. The Morgan fingerprint density at radius 3 is 2.52 bits per heavy atom. The van der Waals surface area contributed by atoms with E-state index >= 15 is 0 Å². The van der Waals surface area contributed by atoms with Gasteiger partial charge in [-0.2, -0.15) is 0 Å². The Balaban J connectivity index is 1.81. The molecule has 4 heteroatoms. The molecule has 1 aromatic heterocycles. The zero-order chi connectivity index (χ0) is 16.6. The lowest BCUT2D eigenvalue weighted by Crippen LogP contribution is -2.43. The summed E-state index contributed by atoms with van der Waals surface area (Å²) in [5, 5.41) is 0. The van der Waals surface area contributed by atoms with Gasteiger partial charge in [0.05, 0.1) is 0 Å². The summed E-state index contributed by atoms with van der Waals surface area (Å²) < 4.78 is 0. The van der Waals surface area contributed by atoms with Gasteiger partial charge in [0, 0.05) is 46.9 Å². The van der Waals surface area contributed by atoms with Crippen LogP contribution in [0.5, 0.6) is 0 Å². The standard InChI is InChI=1S/C19H30N2OS/c1-5-15(21-11-9-14(10-12-21)20(3)4)19-13(2)18-16(22)7-6-8-17(18)23-19/h14-15H,5-12H2,1-4H3. The molecule has 1 unspecified atom stereocenters. The molecule has 1 aromatic rings. The molecule has 1 saturated heterocycles. The van der Waals surface area contributed by atoms with Crippen LogP contribution in [-0.4, -0.2) is 48.8 Å². The fourth-order valence-corrected chi connectivity index (χ4v) is 5.90. The molecular weight excluding hydrogens is 304 g/mol. The van der Waals surface area contributed by atoms with Gasteiger partial charge in [0.15, 0.2) is 5.78 Å². The number of nitrogens with zero attached hydrogens (tertiary/aromatic N) is 2. The SMILES string of the molecule is CCC(c1sc2c(c1C)C(=O)CCC2)N1CCC(N(C)C)CC1. The Labute approximate surface area is 144 Å². The quantitative estimate of drug-likeness (QED) is 0.830. The maximum absolute atomic E-state index is 12.3. The molecule has 0 amide bonds. The number of carbonyl (C=O) groups is 1. The van der Waals surface area contributed by atoms with E-state index < -0.39 is 0 Å². The summed E-state index contributed by atoms with van der Waals surface area (Å²) in [4.78, 5) is 20.2. The number of carbonyl (C=O) groups excluding carboxylic acids is 1. The molecule has 1 aliphatic heterocycles. The van der Waals surface area contributed by atoms with Gasteiger partial charge in [0.25, 0.3) is 0 Å². The van der Waals surface area contributed by atoms with Gasteiger partial charge in [0.1, 0.15) is 0 Å². The molecule has 2 aliphatic rings. The van der Waals surface area contributed by atoms with Crippen LogP contribution in [0, 0.1) is 6.92 Å². The number of rotatable bonds is 4. The lowest BCUT2D eigenvalue weighted by atomic mass is 9.92. The molecule has 1 fully saturated rings. The molecule has 1 aliphatic carbocycles. The Morgan fingerprint density at radius 2 is 1.96 bits per heavy atom. The Bertz CT molecular complexity index is 570. The van der Waals surface area contributed by atoms with Crippen molar-refractivity contribution in [2.24, 2.45) is 0 Å². The zero-order valence-corrected chi connectivity index (χ0v) is 15.8. The van der Waals surface area contributed by atoms with Crippen LogP contribution < -0.4 is 0 Å². The average Bonchev–Trinajstić information content (AvgIpc) is 2.87. The first kappa shape index (κ1) is 17.1. The summed E-state index contributed by atoms with van der Waals surface area (Å²) in [6.45, 7) is 6.83. The fraction of sp³-hybridized carbons (Fsp3) is 0.737. The zero-order valence-electron chi connectivity index (χ0n) is 15.0. The van der Waals surface area contributed by atoms with Crippen molar-refractivity contribution in [2.45, 2.75) is 64.5 Å². The van der Waals surface area contributed by atoms with Crippen molar-refractivity contribution in [1.82, 2.24) is 9.80 Å². The van der Waals surface area contributed by atoms with E-state index in [1.165, 1.54) is 41.2 Å². The van der Waals surface area contributed by atoms with Gasteiger partial charge in [-0.25, -0.2) is 0 Å². The second kappa shape index (κ2) is 7.04. The molecule has 23 heavy (non-hydrogen) atoms. The predicted molar refractivity (Wildman–Crippen MR) is 97.6 cm³/mol. The number of Topliss-reactive ketones (excluding diaryl/α,β-unsaturated/α-hetero) is 1. The Kier molecular flexibility index (Phi) is 5.24. The minimum atomic E-state index is 0.382. The molecule has 0 aromatic carbocycles. The predicted octanol–water partition coefficient (Wildman–Crippen LogP) is 4.05. The number of ketones is 1. The molecule has 3 nitrogen and oxygen atoms in total. The summed E-state index contributed by atoms with van der Waals surface area (Å²) in [5.74, 6) is 0.382. The molecule has 1 atom stereocenters. The second-order valence-corrected chi connectivity index (χ2v) is 8.46. The molecule has 3 rings (SSSR count). The molecule has 0 radical (unpaired) electrons. The van der Waals surface area contributed by atoms with E-state index in [2.05, 4.69) is 37.7 Å². The molecule has 2 heterocycles. The van der Waals surface area contributed by atoms with Gasteiger partial charge >= 0.3 is 0 Å². The lowest BCUT2D eigenvalue weighted by Gasteiger charge is -2.39. The summed E-state index contributed by atoms with van der Waals surface area (Å²) >= 11 is 1.93. The normalized spacial score (nSPS) is 21.7. The van der Waals surface area contributed by atoms with Crippen LogP contribution in [0.4, 0.5) is 0 Å². The number of hydrogen-bond acceptors (Lipinski definition) is 4. The first-order chi connectivity index (χ1) is 11.0. The van der Waals surface area contributed by atoms with Crippen molar-refractivity contribution in [3.8, 4) is 0 Å². The number of likely N-dealkylation sites (tertiary alicyclic amines) is 1. The van der Waals surface area contributed by atoms with Crippen LogP contribution in [0.2, 0.25) is 0 Å². The molecule has 0 saturated carbocycles. The van der Waals surface area contributed by atoms with Gasteiger partial charge in [-0.05, 0) is 58.7 Å². The topological polar surface area (TPSA) is 23.6 Å². The maximum atomic E-state index is 12.3. The molecule has 0 spiro atoms. The Hall–Kier alpha value is -0.710. The van der Waals surface area contributed by atoms with E-state index in [1.807, 2.05) is 11.3 Å². The van der Waals surface area contributed by atoms with Crippen molar-refractivity contribution >= 4 is 17.1 Å². The van der Waals surface area contributed by atoms with E-state index in [1.54, 1.807) is 0 Å². The van der Waals surface area contributed by atoms with Gasteiger partial charge < -0.3 is 4.90 Å². The van der Waals surface area contributed by atoms with Gasteiger partial charge in [-0.15, -0.1) is 11.3 Å². The van der Waals surface area contributed by atoms with E-state index in [4.69, 9.17) is 0 Å². The number of thiophene rings is 1. The fourth-order valence-electron chi connectivity index (χ4n) is 4.31. The van der Waals surface area contributed by atoms with E-state index in [-0.39, 0.29) is 0 Å². The van der Waals surface area contributed by atoms with E-state index in [0.717, 1.165) is 37.3 Å². The van der Waals surface area contributed by atoms with Crippen LogP contribution in [-0.2, 0) is 6.42 Å². The monoisotopic (exact) mass is 334 g/mol. The highest BCUT2D eigenvalue weighted by Gasteiger charge is 2.31. The van der Waals surface area contributed by atoms with Crippen molar-refractivity contribution in [3.05, 3.63) is 20.9 Å². The molecule has 0 N–H and O–H groups in total. The minimum absolute atomic E-state index is 0.382. The highest BCUT2D eigenvalue weighted by Crippen LogP contribution is 2.40. The smallest absolute Gasteiger partial charge is 0.164 e.